The van der Waals surface area contributed by atoms with Crippen LogP contribution in [0, 0.1) is 6.92 Å². The molecule has 10 heteroatoms. The van der Waals surface area contributed by atoms with Crippen LogP contribution in [0.3, 0.4) is 0 Å². The van der Waals surface area contributed by atoms with Crippen LogP contribution in [0.5, 0.6) is 5.75 Å². The number of halogens is 2. The van der Waals surface area contributed by atoms with Gasteiger partial charge in [0.25, 0.3) is 11.5 Å². The fourth-order valence-corrected chi connectivity index (χ4v) is 2.99. The Kier molecular flexibility index (Phi) is 4.97. The fraction of sp³-hybridized carbons (Fsp3) is 0.125. The molecular weight excluding hydrogens is 381 g/mol. The number of methoxy groups -OCH3 is 1. The molecule has 3 aromatic rings. The molecule has 0 saturated carbocycles. The van der Waals surface area contributed by atoms with Crippen LogP contribution in [-0.4, -0.2) is 33.0 Å². The summed E-state index contributed by atoms with van der Waals surface area (Å²) in [5.41, 5.74) is 0.971. The standard InChI is InChI=1S/C16H13Cl2N5O3/c1-8-10(7-19-23(8)13-3-4-14(24)22-21-13)16(25)20-9-5-11(17)15(26-2)12(18)6-9/h3-7H,1-2H3,(H,20,25)(H,22,24). The molecule has 2 N–H and O–H groups in total. The van der Waals surface area contributed by atoms with Crippen molar-refractivity contribution in [2.75, 3.05) is 12.4 Å². The van der Waals surface area contributed by atoms with Gasteiger partial charge in [0.05, 0.1) is 34.6 Å². The number of H-pyrrole nitrogens is 1. The minimum atomic E-state index is -0.393. The fourth-order valence-electron chi connectivity index (χ4n) is 2.34. The number of nitrogens with zero attached hydrogens (tertiary/aromatic N) is 3. The maximum atomic E-state index is 12.6. The van der Waals surface area contributed by atoms with E-state index < -0.39 is 5.91 Å². The molecule has 0 radical (unpaired) electrons. The van der Waals surface area contributed by atoms with E-state index in [0.29, 0.717) is 28.5 Å². The Hall–Kier alpha value is -2.84. The summed E-state index contributed by atoms with van der Waals surface area (Å²) in [7, 11) is 1.45. The zero-order chi connectivity index (χ0) is 18.8. The Morgan fingerprint density at radius 2 is 1.96 bits per heavy atom. The van der Waals surface area contributed by atoms with Gasteiger partial charge >= 0.3 is 0 Å². The Bertz CT molecular complexity index is 1000. The Balaban J connectivity index is 1.87. The van der Waals surface area contributed by atoms with E-state index in [0.717, 1.165) is 0 Å². The topological polar surface area (TPSA) is 102 Å². The second-order valence-electron chi connectivity index (χ2n) is 5.26. The molecule has 0 spiro atoms. The number of anilines is 1. The van der Waals surface area contributed by atoms with Gasteiger partial charge < -0.3 is 10.1 Å². The lowest BCUT2D eigenvalue weighted by atomic mass is 10.2. The lowest BCUT2D eigenvalue weighted by molar-refractivity contribution is 0.102. The lowest BCUT2D eigenvalue weighted by Gasteiger charge is -2.10. The van der Waals surface area contributed by atoms with Gasteiger partial charge in [-0.25, -0.2) is 9.78 Å². The largest absolute Gasteiger partial charge is 0.494 e. The van der Waals surface area contributed by atoms with Gasteiger partial charge in [0.15, 0.2) is 11.6 Å². The third kappa shape index (κ3) is 3.42. The van der Waals surface area contributed by atoms with Crippen LogP contribution < -0.4 is 15.6 Å². The first-order valence-corrected chi connectivity index (χ1v) is 8.11. The molecule has 2 heterocycles. The molecule has 1 aromatic carbocycles. The predicted molar refractivity (Wildman–Crippen MR) is 97.7 cm³/mol. The van der Waals surface area contributed by atoms with Gasteiger partial charge in [0.1, 0.15) is 0 Å². The SMILES string of the molecule is COc1c(Cl)cc(NC(=O)c2cnn(-c3ccc(=O)[nH]n3)c2C)cc1Cl. The quantitative estimate of drug-likeness (QED) is 0.709. The van der Waals surface area contributed by atoms with Gasteiger partial charge in [0.2, 0.25) is 0 Å². The van der Waals surface area contributed by atoms with E-state index >= 15 is 0 Å². The Morgan fingerprint density at radius 1 is 1.27 bits per heavy atom. The van der Waals surface area contributed by atoms with Gasteiger partial charge in [-0.05, 0) is 25.1 Å². The van der Waals surface area contributed by atoms with Crippen molar-refractivity contribution in [3.05, 3.63) is 62.1 Å². The monoisotopic (exact) mass is 393 g/mol. The Labute approximate surface area is 157 Å². The van der Waals surface area contributed by atoms with Crippen LogP contribution in [0.1, 0.15) is 16.1 Å². The number of aromatic nitrogens is 4. The number of rotatable bonds is 4. The first-order valence-electron chi connectivity index (χ1n) is 7.36. The smallest absolute Gasteiger partial charge is 0.264 e. The third-order valence-corrected chi connectivity index (χ3v) is 4.16. The van der Waals surface area contributed by atoms with E-state index in [1.807, 2.05) is 0 Å². The number of hydrogen-bond donors (Lipinski definition) is 2. The van der Waals surface area contributed by atoms with Crippen molar-refractivity contribution in [3.8, 4) is 11.6 Å². The molecule has 0 aliphatic heterocycles. The average Bonchev–Trinajstić information content (AvgIpc) is 2.97. The molecule has 0 saturated heterocycles. The first kappa shape index (κ1) is 18.0. The van der Waals surface area contributed by atoms with E-state index in [1.54, 1.807) is 6.92 Å². The van der Waals surface area contributed by atoms with E-state index in [1.165, 1.54) is 42.3 Å². The van der Waals surface area contributed by atoms with Gasteiger partial charge in [-0.3, -0.25) is 9.59 Å². The van der Waals surface area contributed by atoms with Crippen molar-refractivity contribution in [1.29, 1.82) is 0 Å². The molecule has 0 atom stereocenters. The highest BCUT2D eigenvalue weighted by molar-refractivity contribution is 6.37. The average molecular weight is 394 g/mol. The summed E-state index contributed by atoms with van der Waals surface area (Å²) in [6.45, 7) is 1.71. The van der Waals surface area contributed by atoms with Crippen molar-refractivity contribution < 1.29 is 9.53 Å². The molecule has 2 aromatic heterocycles. The highest BCUT2D eigenvalue weighted by atomic mass is 35.5. The van der Waals surface area contributed by atoms with Crippen LogP contribution in [-0.2, 0) is 0 Å². The van der Waals surface area contributed by atoms with Crippen LogP contribution in [0.25, 0.3) is 5.82 Å². The summed E-state index contributed by atoms with van der Waals surface area (Å²) in [4.78, 5) is 23.7. The molecular formula is C16H13Cl2N5O3. The molecule has 0 unspecified atom stereocenters. The minimum absolute atomic E-state index is 0.278. The van der Waals surface area contributed by atoms with Crippen LogP contribution in [0.2, 0.25) is 10.0 Å². The number of carbonyl (C=O) groups excluding carboxylic acids is 1. The molecule has 0 aliphatic rings. The number of amides is 1. The maximum Gasteiger partial charge on any atom is 0.264 e. The minimum Gasteiger partial charge on any atom is -0.494 e. The summed E-state index contributed by atoms with van der Waals surface area (Å²) in [5.74, 6) is 0.326. The normalized spacial score (nSPS) is 10.6. The van der Waals surface area contributed by atoms with Crippen molar-refractivity contribution in [2.24, 2.45) is 0 Å². The van der Waals surface area contributed by atoms with Crippen molar-refractivity contribution in [1.82, 2.24) is 20.0 Å². The van der Waals surface area contributed by atoms with Crippen LogP contribution in [0.15, 0.2) is 35.3 Å². The predicted octanol–water partition coefficient (Wildman–Crippen LogP) is 2.83. The van der Waals surface area contributed by atoms with E-state index in [-0.39, 0.29) is 15.6 Å². The van der Waals surface area contributed by atoms with Crippen LogP contribution >= 0.6 is 23.2 Å². The number of nitrogens with one attached hydrogen (secondary N) is 2. The van der Waals surface area contributed by atoms with E-state index in [4.69, 9.17) is 27.9 Å². The van der Waals surface area contributed by atoms with Gasteiger partial charge in [0, 0.05) is 11.8 Å². The van der Waals surface area contributed by atoms with Crippen molar-refractivity contribution in [3.63, 3.8) is 0 Å². The molecule has 134 valence electrons. The lowest BCUT2D eigenvalue weighted by Crippen LogP contribution is -2.14. The second kappa shape index (κ2) is 7.19. The maximum absolute atomic E-state index is 12.6. The number of benzene rings is 1. The summed E-state index contributed by atoms with van der Waals surface area (Å²) >= 11 is 12.2. The molecule has 8 nitrogen and oxygen atoms in total. The number of hydrogen-bond acceptors (Lipinski definition) is 5. The molecule has 0 aliphatic carbocycles. The summed E-state index contributed by atoms with van der Waals surface area (Å²) in [6.07, 6.45) is 1.41. The molecule has 3 rings (SSSR count). The molecule has 0 bridgehead atoms. The van der Waals surface area contributed by atoms with Crippen molar-refractivity contribution in [2.45, 2.75) is 6.92 Å². The van der Waals surface area contributed by atoms with Crippen molar-refractivity contribution >= 4 is 34.8 Å². The zero-order valence-corrected chi connectivity index (χ0v) is 15.2. The number of aromatic amines is 1. The first-order chi connectivity index (χ1) is 12.4. The zero-order valence-electron chi connectivity index (χ0n) is 13.7. The van der Waals surface area contributed by atoms with Gasteiger partial charge in [-0.15, -0.1) is 0 Å². The highest BCUT2D eigenvalue weighted by Crippen LogP contribution is 2.35. The van der Waals surface area contributed by atoms with Crippen LogP contribution in [0.4, 0.5) is 5.69 Å². The van der Waals surface area contributed by atoms with E-state index in [9.17, 15) is 9.59 Å². The van der Waals surface area contributed by atoms with Gasteiger partial charge in [-0.1, -0.05) is 23.2 Å². The second-order valence-corrected chi connectivity index (χ2v) is 6.08. The number of carbonyl (C=O) groups is 1. The highest BCUT2D eigenvalue weighted by Gasteiger charge is 2.17. The van der Waals surface area contributed by atoms with E-state index in [2.05, 4.69) is 20.6 Å². The third-order valence-electron chi connectivity index (χ3n) is 3.60. The summed E-state index contributed by atoms with van der Waals surface area (Å²) < 4.78 is 6.52. The van der Waals surface area contributed by atoms with Gasteiger partial charge in [-0.2, -0.15) is 10.2 Å². The summed E-state index contributed by atoms with van der Waals surface area (Å²) in [6, 6.07) is 5.90. The number of ether oxygens (including phenoxy) is 1. The Morgan fingerprint density at radius 3 is 2.54 bits per heavy atom. The molecule has 1 amide bonds. The molecule has 0 fully saturated rings. The summed E-state index contributed by atoms with van der Waals surface area (Å²) in [5, 5.41) is 13.6. The molecule has 26 heavy (non-hydrogen) atoms.